The molecule has 0 aromatic carbocycles. The highest BCUT2D eigenvalue weighted by Crippen LogP contribution is 2.19. The number of hydrogen-bond donors (Lipinski definition) is 0. The Morgan fingerprint density at radius 2 is 2.06 bits per heavy atom. The van der Waals surface area contributed by atoms with Crippen LogP contribution in [0.3, 0.4) is 0 Å². The third kappa shape index (κ3) is 4.82. The van der Waals surface area contributed by atoms with Crippen molar-refractivity contribution in [3.8, 4) is 0 Å². The van der Waals surface area contributed by atoms with Gasteiger partial charge in [-0.15, -0.1) is 0 Å². The summed E-state index contributed by atoms with van der Waals surface area (Å²) >= 11 is 3.62. The van der Waals surface area contributed by atoms with Crippen molar-refractivity contribution >= 4 is 15.9 Å². The minimum Gasteiger partial charge on any atom is -0.270 e. The lowest BCUT2D eigenvalue weighted by Gasteiger charge is -2.15. The molecule has 0 bridgehead atoms. The predicted molar refractivity (Wildman–Crippen MR) is 77.7 cm³/mol. The van der Waals surface area contributed by atoms with E-state index in [-0.39, 0.29) is 0 Å². The molecule has 1 aromatic heterocycles. The fourth-order valence-corrected chi connectivity index (χ4v) is 2.58. The number of nitrogens with zero attached hydrogens (tertiary/aromatic N) is 2. The van der Waals surface area contributed by atoms with E-state index in [0.717, 1.165) is 24.1 Å². The van der Waals surface area contributed by atoms with Crippen molar-refractivity contribution in [2.75, 3.05) is 5.33 Å². The summed E-state index contributed by atoms with van der Waals surface area (Å²) in [4.78, 5) is 0. The summed E-state index contributed by atoms with van der Waals surface area (Å²) in [6, 6.07) is 2.68. The maximum atomic E-state index is 4.67. The summed E-state index contributed by atoms with van der Waals surface area (Å²) in [5.74, 6) is 1.46. The van der Waals surface area contributed by atoms with Crippen molar-refractivity contribution < 1.29 is 0 Å². The third-order valence-electron chi connectivity index (χ3n) is 3.23. The molecule has 0 radical (unpaired) electrons. The van der Waals surface area contributed by atoms with Gasteiger partial charge in [0.15, 0.2) is 0 Å². The second-order valence-corrected chi connectivity index (χ2v) is 6.05. The third-order valence-corrected chi connectivity index (χ3v) is 4.14. The van der Waals surface area contributed by atoms with Crippen LogP contribution in [0.2, 0.25) is 0 Å². The van der Waals surface area contributed by atoms with Crippen molar-refractivity contribution in [1.82, 2.24) is 9.78 Å². The van der Waals surface area contributed by atoms with Gasteiger partial charge < -0.3 is 0 Å². The monoisotopic (exact) mass is 300 g/mol. The molecule has 0 saturated carbocycles. The van der Waals surface area contributed by atoms with E-state index in [0.29, 0.717) is 12.0 Å². The Balaban J connectivity index is 2.58. The van der Waals surface area contributed by atoms with Crippen molar-refractivity contribution in [3.05, 3.63) is 18.0 Å². The molecule has 17 heavy (non-hydrogen) atoms. The Hall–Kier alpha value is -0.310. The van der Waals surface area contributed by atoms with E-state index in [9.17, 15) is 0 Å². The van der Waals surface area contributed by atoms with Gasteiger partial charge in [0.05, 0.1) is 5.69 Å². The molecular weight excluding hydrogens is 276 g/mol. The molecule has 0 amide bonds. The number of halogens is 1. The van der Waals surface area contributed by atoms with Crippen molar-refractivity contribution in [2.24, 2.45) is 11.8 Å². The molecule has 0 aliphatic carbocycles. The smallest absolute Gasteiger partial charge is 0.0627 e. The van der Waals surface area contributed by atoms with E-state index in [2.05, 4.69) is 65.7 Å². The first-order valence-corrected chi connectivity index (χ1v) is 7.78. The van der Waals surface area contributed by atoms with E-state index in [1.807, 2.05) is 0 Å². The largest absolute Gasteiger partial charge is 0.270 e. The zero-order valence-electron chi connectivity index (χ0n) is 11.5. The van der Waals surface area contributed by atoms with E-state index < -0.39 is 0 Å². The van der Waals surface area contributed by atoms with Crippen LogP contribution in [-0.4, -0.2) is 15.1 Å². The van der Waals surface area contributed by atoms with Gasteiger partial charge in [-0.1, -0.05) is 36.7 Å². The Labute approximate surface area is 114 Å². The maximum Gasteiger partial charge on any atom is 0.0627 e. The summed E-state index contributed by atoms with van der Waals surface area (Å²) in [6.45, 7) is 8.99. The van der Waals surface area contributed by atoms with Crippen molar-refractivity contribution in [2.45, 2.75) is 53.0 Å². The number of aromatic nitrogens is 2. The molecule has 1 heterocycles. The zero-order chi connectivity index (χ0) is 12.8. The van der Waals surface area contributed by atoms with Gasteiger partial charge in [-0.3, -0.25) is 4.68 Å². The quantitative estimate of drug-likeness (QED) is 0.680. The minimum absolute atomic E-state index is 0.510. The van der Waals surface area contributed by atoms with Gasteiger partial charge in [0.25, 0.3) is 0 Å². The first-order valence-electron chi connectivity index (χ1n) is 6.66. The molecule has 2 nitrogen and oxygen atoms in total. The molecule has 1 aromatic rings. The lowest BCUT2D eigenvalue weighted by Crippen LogP contribution is -2.11. The average molecular weight is 301 g/mol. The molecule has 98 valence electrons. The second-order valence-electron chi connectivity index (χ2n) is 5.40. The number of hydrogen-bond acceptors (Lipinski definition) is 1. The molecule has 0 fully saturated rings. The van der Waals surface area contributed by atoms with Crippen LogP contribution in [0.15, 0.2) is 12.3 Å². The van der Waals surface area contributed by atoms with Crippen LogP contribution < -0.4 is 0 Å². The standard InChI is InChI=1S/C14H25BrN2/c1-5-12(4)17-7-6-14(16-17)9-13(10-15)8-11(2)3/h6-7,11-13H,5,8-10H2,1-4H3. The van der Waals surface area contributed by atoms with E-state index in [4.69, 9.17) is 0 Å². The summed E-state index contributed by atoms with van der Waals surface area (Å²) < 4.78 is 2.09. The lowest BCUT2D eigenvalue weighted by atomic mass is 9.95. The van der Waals surface area contributed by atoms with Gasteiger partial charge in [-0.25, -0.2) is 0 Å². The molecule has 3 heteroatoms. The topological polar surface area (TPSA) is 17.8 Å². The van der Waals surface area contributed by atoms with Crippen LogP contribution in [-0.2, 0) is 6.42 Å². The molecule has 1 rings (SSSR count). The molecule has 0 spiro atoms. The molecule has 0 aliphatic heterocycles. The Bertz CT molecular complexity index is 320. The number of alkyl halides is 1. The Morgan fingerprint density at radius 3 is 2.59 bits per heavy atom. The molecule has 0 saturated heterocycles. The summed E-state index contributed by atoms with van der Waals surface area (Å²) in [7, 11) is 0. The zero-order valence-corrected chi connectivity index (χ0v) is 13.1. The Morgan fingerprint density at radius 1 is 1.35 bits per heavy atom. The Kier molecular flexibility index (Phi) is 6.24. The van der Waals surface area contributed by atoms with E-state index in [1.165, 1.54) is 12.1 Å². The molecular formula is C14H25BrN2. The fourth-order valence-electron chi connectivity index (χ4n) is 2.08. The van der Waals surface area contributed by atoms with Gasteiger partial charge in [0.1, 0.15) is 0 Å². The molecule has 2 unspecified atom stereocenters. The summed E-state index contributed by atoms with van der Waals surface area (Å²) in [5, 5.41) is 5.74. The SMILES string of the molecule is CCC(C)n1ccc(CC(CBr)CC(C)C)n1. The number of rotatable bonds is 7. The van der Waals surface area contributed by atoms with Crippen molar-refractivity contribution in [1.29, 1.82) is 0 Å². The lowest BCUT2D eigenvalue weighted by molar-refractivity contribution is 0.432. The van der Waals surface area contributed by atoms with E-state index >= 15 is 0 Å². The van der Waals surface area contributed by atoms with Crippen LogP contribution in [0.4, 0.5) is 0 Å². The van der Waals surface area contributed by atoms with Crippen molar-refractivity contribution in [3.63, 3.8) is 0 Å². The first kappa shape index (κ1) is 14.7. The molecule has 2 atom stereocenters. The van der Waals surface area contributed by atoms with Crippen LogP contribution >= 0.6 is 15.9 Å². The normalized spacial score (nSPS) is 15.2. The van der Waals surface area contributed by atoms with Gasteiger partial charge in [-0.2, -0.15) is 5.10 Å². The highest BCUT2D eigenvalue weighted by molar-refractivity contribution is 9.09. The minimum atomic E-state index is 0.510. The first-order chi connectivity index (χ1) is 8.06. The predicted octanol–water partition coefficient (Wildman–Crippen LogP) is 4.45. The van der Waals surface area contributed by atoms with Crippen LogP contribution in [0.1, 0.15) is 52.3 Å². The fraction of sp³-hybridized carbons (Fsp3) is 0.786. The average Bonchev–Trinajstić information content (AvgIpc) is 2.75. The van der Waals surface area contributed by atoms with Crippen LogP contribution in [0.5, 0.6) is 0 Å². The van der Waals surface area contributed by atoms with Crippen LogP contribution in [0.25, 0.3) is 0 Å². The molecule has 0 N–H and O–H groups in total. The van der Waals surface area contributed by atoms with Gasteiger partial charge in [-0.05, 0) is 44.1 Å². The van der Waals surface area contributed by atoms with Gasteiger partial charge in [0.2, 0.25) is 0 Å². The van der Waals surface area contributed by atoms with Gasteiger partial charge >= 0.3 is 0 Å². The highest BCUT2D eigenvalue weighted by atomic mass is 79.9. The maximum absolute atomic E-state index is 4.67. The van der Waals surface area contributed by atoms with Gasteiger partial charge in [0, 0.05) is 17.6 Å². The summed E-state index contributed by atoms with van der Waals surface area (Å²) in [6.07, 6.45) is 5.60. The second kappa shape index (κ2) is 7.20. The van der Waals surface area contributed by atoms with E-state index in [1.54, 1.807) is 0 Å². The summed E-state index contributed by atoms with van der Waals surface area (Å²) in [5.41, 5.74) is 1.23. The highest BCUT2D eigenvalue weighted by Gasteiger charge is 2.13. The molecule has 0 aliphatic rings. The van der Waals surface area contributed by atoms with Crippen LogP contribution in [0, 0.1) is 11.8 Å².